The number of likely N-dealkylation sites (tertiary alicyclic amines) is 1. The molecule has 26 heavy (non-hydrogen) atoms. The monoisotopic (exact) mass is 349 g/mol. The average molecular weight is 349 g/mol. The van der Waals surface area contributed by atoms with Crippen LogP contribution in [0.3, 0.4) is 0 Å². The number of carbonyl (C=O) groups excluding carboxylic acids is 1. The lowest BCUT2D eigenvalue weighted by atomic mass is 10.0. The second kappa shape index (κ2) is 6.88. The molecule has 134 valence electrons. The number of nitrogens with zero attached hydrogens (tertiary/aromatic N) is 5. The molecule has 4 rings (SSSR count). The van der Waals surface area contributed by atoms with Crippen molar-refractivity contribution in [1.29, 1.82) is 0 Å². The first-order chi connectivity index (χ1) is 12.6. The molecule has 3 aromatic rings. The van der Waals surface area contributed by atoms with E-state index in [-0.39, 0.29) is 5.91 Å². The lowest BCUT2D eigenvalue weighted by molar-refractivity contribution is 0.0663. The van der Waals surface area contributed by atoms with Gasteiger partial charge in [0.25, 0.3) is 5.91 Å². The molecule has 1 fully saturated rings. The number of imidazole rings is 1. The third-order valence-electron chi connectivity index (χ3n) is 5.19. The summed E-state index contributed by atoms with van der Waals surface area (Å²) in [5, 5.41) is 0. The van der Waals surface area contributed by atoms with Gasteiger partial charge < -0.3 is 14.2 Å². The van der Waals surface area contributed by atoms with E-state index in [1.54, 1.807) is 12.4 Å². The van der Waals surface area contributed by atoms with E-state index in [4.69, 9.17) is 0 Å². The van der Waals surface area contributed by atoms with Gasteiger partial charge in [-0.2, -0.15) is 0 Å². The molecular formula is C20H23N5O. The average Bonchev–Trinajstić information content (AvgIpc) is 3.15. The van der Waals surface area contributed by atoms with Crippen LogP contribution in [0.4, 0.5) is 0 Å². The van der Waals surface area contributed by atoms with Crippen molar-refractivity contribution in [1.82, 2.24) is 24.2 Å². The lowest BCUT2D eigenvalue weighted by Crippen LogP contribution is -2.44. The van der Waals surface area contributed by atoms with Crippen LogP contribution in [0.1, 0.15) is 23.2 Å². The molecular weight excluding hydrogens is 326 g/mol. The summed E-state index contributed by atoms with van der Waals surface area (Å²) in [6.45, 7) is 1.64. The van der Waals surface area contributed by atoms with Crippen LogP contribution in [-0.4, -0.2) is 63.3 Å². The molecule has 0 spiro atoms. The summed E-state index contributed by atoms with van der Waals surface area (Å²) in [7, 11) is 4.21. The second-order valence-corrected chi connectivity index (χ2v) is 7.03. The van der Waals surface area contributed by atoms with E-state index in [1.165, 1.54) is 0 Å². The van der Waals surface area contributed by atoms with Crippen LogP contribution in [-0.2, 0) is 0 Å². The SMILES string of the molecule is CN(C)C1CCN(C(=O)c2ccc(-c3cn4ccnc4cn3)cc2)CC1. The Hall–Kier alpha value is -2.73. The number of hydrogen-bond acceptors (Lipinski definition) is 4. The molecule has 0 atom stereocenters. The van der Waals surface area contributed by atoms with Crippen LogP contribution < -0.4 is 0 Å². The minimum Gasteiger partial charge on any atom is -0.339 e. The van der Waals surface area contributed by atoms with Gasteiger partial charge in [0.1, 0.15) is 0 Å². The maximum atomic E-state index is 12.7. The van der Waals surface area contributed by atoms with Crippen molar-refractivity contribution in [3.63, 3.8) is 0 Å². The topological polar surface area (TPSA) is 53.7 Å². The highest BCUT2D eigenvalue weighted by molar-refractivity contribution is 5.94. The molecule has 0 unspecified atom stereocenters. The zero-order valence-electron chi connectivity index (χ0n) is 15.2. The number of benzene rings is 1. The van der Waals surface area contributed by atoms with E-state index in [0.717, 1.165) is 48.4 Å². The predicted octanol–water partition coefficient (Wildman–Crippen LogP) is 2.56. The molecule has 1 aliphatic heterocycles. The Morgan fingerprint density at radius 1 is 1.12 bits per heavy atom. The summed E-state index contributed by atoms with van der Waals surface area (Å²) in [6.07, 6.45) is 9.42. The fourth-order valence-electron chi connectivity index (χ4n) is 3.53. The molecule has 0 saturated carbocycles. The third kappa shape index (κ3) is 3.20. The van der Waals surface area contributed by atoms with Crippen molar-refractivity contribution in [2.24, 2.45) is 0 Å². The van der Waals surface area contributed by atoms with E-state index in [1.807, 2.05) is 46.0 Å². The Bertz CT molecular complexity index is 907. The molecule has 1 saturated heterocycles. The largest absolute Gasteiger partial charge is 0.339 e. The van der Waals surface area contributed by atoms with Crippen molar-refractivity contribution in [3.8, 4) is 11.3 Å². The standard InChI is InChI=1S/C20H23N5O/c1-23(2)17-7-10-24(11-8-17)20(26)16-5-3-15(4-6-16)18-14-25-12-9-21-19(25)13-22-18/h3-6,9,12-14,17H,7-8,10-11H2,1-2H3. The van der Waals surface area contributed by atoms with Gasteiger partial charge >= 0.3 is 0 Å². The number of fused-ring (bicyclic) bond motifs is 1. The fourth-order valence-corrected chi connectivity index (χ4v) is 3.53. The highest BCUT2D eigenvalue weighted by atomic mass is 16.2. The van der Waals surface area contributed by atoms with Crippen molar-refractivity contribution in [2.45, 2.75) is 18.9 Å². The quantitative estimate of drug-likeness (QED) is 0.729. The molecule has 6 heteroatoms. The number of hydrogen-bond donors (Lipinski definition) is 0. The Morgan fingerprint density at radius 3 is 2.54 bits per heavy atom. The Kier molecular flexibility index (Phi) is 4.42. The van der Waals surface area contributed by atoms with Gasteiger partial charge in [-0.05, 0) is 39.1 Å². The van der Waals surface area contributed by atoms with Crippen molar-refractivity contribution >= 4 is 11.6 Å². The van der Waals surface area contributed by atoms with Gasteiger partial charge in [-0.1, -0.05) is 12.1 Å². The number of piperidine rings is 1. The van der Waals surface area contributed by atoms with Crippen LogP contribution >= 0.6 is 0 Å². The molecule has 0 N–H and O–H groups in total. The van der Waals surface area contributed by atoms with Gasteiger partial charge in [0, 0.05) is 48.8 Å². The highest BCUT2D eigenvalue weighted by Crippen LogP contribution is 2.20. The van der Waals surface area contributed by atoms with E-state index < -0.39 is 0 Å². The van der Waals surface area contributed by atoms with Gasteiger partial charge in [0.05, 0.1) is 11.9 Å². The normalized spacial score (nSPS) is 15.7. The minimum atomic E-state index is 0.117. The van der Waals surface area contributed by atoms with Crippen LogP contribution in [0.5, 0.6) is 0 Å². The molecule has 1 amide bonds. The molecule has 3 heterocycles. The zero-order chi connectivity index (χ0) is 18.1. The Labute approximate surface area is 153 Å². The molecule has 1 aromatic carbocycles. The lowest BCUT2D eigenvalue weighted by Gasteiger charge is -2.35. The smallest absolute Gasteiger partial charge is 0.253 e. The van der Waals surface area contributed by atoms with Crippen LogP contribution in [0.2, 0.25) is 0 Å². The predicted molar refractivity (Wildman–Crippen MR) is 101 cm³/mol. The molecule has 2 aromatic heterocycles. The first-order valence-corrected chi connectivity index (χ1v) is 8.96. The maximum Gasteiger partial charge on any atom is 0.253 e. The number of carbonyl (C=O) groups is 1. The first kappa shape index (κ1) is 16.7. The van der Waals surface area contributed by atoms with Crippen LogP contribution in [0, 0.1) is 0 Å². The van der Waals surface area contributed by atoms with E-state index in [9.17, 15) is 4.79 Å². The third-order valence-corrected chi connectivity index (χ3v) is 5.19. The fraction of sp³-hybridized carbons (Fsp3) is 0.350. The van der Waals surface area contributed by atoms with Gasteiger partial charge in [-0.3, -0.25) is 9.78 Å². The first-order valence-electron chi connectivity index (χ1n) is 8.96. The van der Waals surface area contributed by atoms with E-state index >= 15 is 0 Å². The molecule has 0 radical (unpaired) electrons. The summed E-state index contributed by atoms with van der Waals surface area (Å²) < 4.78 is 1.94. The van der Waals surface area contributed by atoms with Crippen molar-refractivity contribution in [3.05, 3.63) is 54.6 Å². The Balaban J connectivity index is 1.48. The maximum absolute atomic E-state index is 12.7. The number of rotatable bonds is 3. The van der Waals surface area contributed by atoms with Gasteiger partial charge in [-0.15, -0.1) is 0 Å². The van der Waals surface area contributed by atoms with E-state index in [2.05, 4.69) is 29.0 Å². The van der Waals surface area contributed by atoms with Crippen LogP contribution in [0.25, 0.3) is 16.9 Å². The molecule has 0 bridgehead atoms. The number of amides is 1. The zero-order valence-corrected chi connectivity index (χ0v) is 15.2. The van der Waals surface area contributed by atoms with Crippen molar-refractivity contribution < 1.29 is 4.79 Å². The minimum absolute atomic E-state index is 0.117. The molecule has 1 aliphatic rings. The molecule has 6 nitrogen and oxygen atoms in total. The summed E-state index contributed by atoms with van der Waals surface area (Å²) >= 11 is 0. The van der Waals surface area contributed by atoms with Gasteiger partial charge in [0.2, 0.25) is 0 Å². The summed E-state index contributed by atoms with van der Waals surface area (Å²) in [5.74, 6) is 0.117. The number of aromatic nitrogens is 3. The van der Waals surface area contributed by atoms with Gasteiger partial charge in [-0.25, -0.2) is 4.98 Å². The summed E-state index contributed by atoms with van der Waals surface area (Å²) in [6, 6.07) is 8.30. The summed E-state index contributed by atoms with van der Waals surface area (Å²) in [5.41, 5.74) is 3.41. The molecule has 0 aliphatic carbocycles. The van der Waals surface area contributed by atoms with Crippen LogP contribution in [0.15, 0.2) is 49.1 Å². The van der Waals surface area contributed by atoms with Gasteiger partial charge in [0.15, 0.2) is 5.65 Å². The van der Waals surface area contributed by atoms with Crippen molar-refractivity contribution in [2.75, 3.05) is 27.2 Å². The van der Waals surface area contributed by atoms with E-state index in [0.29, 0.717) is 6.04 Å². The second-order valence-electron chi connectivity index (χ2n) is 7.03. The summed E-state index contributed by atoms with van der Waals surface area (Å²) in [4.78, 5) is 25.6. The highest BCUT2D eigenvalue weighted by Gasteiger charge is 2.24. The Morgan fingerprint density at radius 2 is 1.85 bits per heavy atom.